The van der Waals surface area contributed by atoms with E-state index in [-0.39, 0.29) is 25.0 Å². The smallest absolute Gasteiger partial charge is 0.262 e. The summed E-state index contributed by atoms with van der Waals surface area (Å²) < 4.78 is 6.99. The lowest BCUT2D eigenvalue weighted by Crippen LogP contribution is -2.30. The number of fused-ring (bicyclic) bond motifs is 1. The number of rotatable bonds is 4. The van der Waals surface area contributed by atoms with Crippen molar-refractivity contribution in [2.24, 2.45) is 0 Å². The maximum absolute atomic E-state index is 12.6. The van der Waals surface area contributed by atoms with Crippen LogP contribution in [0.1, 0.15) is 16.2 Å². The lowest BCUT2D eigenvalue weighted by Gasteiger charge is -2.20. The molecule has 0 bridgehead atoms. The number of nitrogens with zero attached hydrogens (tertiary/aromatic N) is 3. The van der Waals surface area contributed by atoms with Crippen LogP contribution in [-0.4, -0.2) is 33.2 Å². The summed E-state index contributed by atoms with van der Waals surface area (Å²) in [6.45, 7) is 0.129. The van der Waals surface area contributed by atoms with Crippen molar-refractivity contribution in [3.63, 3.8) is 0 Å². The molecule has 4 rings (SSSR count). The molecule has 0 aliphatic carbocycles. The molecule has 2 N–H and O–H groups in total. The van der Waals surface area contributed by atoms with E-state index in [0.717, 1.165) is 5.69 Å². The summed E-state index contributed by atoms with van der Waals surface area (Å²) in [6.07, 6.45) is 1.44. The second-order valence-electron chi connectivity index (χ2n) is 5.62. The average molecular weight is 349 g/mol. The van der Waals surface area contributed by atoms with Crippen LogP contribution in [0.5, 0.6) is 5.75 Å². The van der Waals surface area contributed by atoms with Crippen molar-refractivity contribution in [1.29, 1.82) is 0 Å². The van der Waals surface area contributed by atoms with E-state index < -0.39 is 0 Å². The van der Waals surface area contributed by atoms with Gasteiger partial charge in [0.25, 0.3) is 11.8 Å². The highest BCUT2D eigenvalue weighted by Gasteiger charge is 2.22. The van der Waals surface area contributed by atoms with Gasteiger partial charge >= 0.3 is 0 Å². The zero-order chi connectivity index (χ0) is 17.9. The molecule has 1 aromatic heterocycles. The fourth-order valence-corrected chi connectivity index (χ4v) is 2.71. The third-order valence-electron chi connectivity index (χ3n) is 3.92. The maximum atomic E-state index is 12.6. The quantitative estimate of drug-likeness (QED) is 0.744. The molecule has 0 fully saturated rings. The first-order valence-electron chi connectivity index (χ1n) is 8.00. The number of carbonyl (C=O) groups is 2. The molecule has 130 valence electrons. The maximum Gasteiger partial charge on any atom is 0.262 e. The first-order chi connectivity index (χ1) is 12.7. The molecule has 0 atom stereocenters. The molecule has 0 saturated heterocycles. The zero-order valence-electron chi connectivity index (χ0n) is 13.7. The van der Waals surface area contributed by atoms with Gasteiger partial charge in [-0.1, -0.05) is 24.3 Å². The minimum atomic E-state index is -0.338. The molecule has 3 aromatic rings. The third kappa shape index (κ3) is 3.00. The van der Waals surface area contributed by atoms with Gasteiger partial charge in [0.05, 0.1) is 23.5 Å². The van der Waals surface area contributed by atoms with Gasteiger partial charge in [-0.3, -0.25) is 9.59 Å². The SMILES string of the molecule is O=C1COc2cccc(C(=O)NCc3ncnn3-c3ccccc3)c2N1. The molecule has 0 saturated carbocycles. The first-order valence-corrected chi connectivity index (χ1v) is 8.00. The van der Waals surface area contributed by atoms with Crippen molar-refractivity contribution in [1.82, 2.24) is 20.1 Å². The van der Waals surface area contributed by atoms with Crippen molar-refractivity contribution >= 4 is 17.5 Å². The van der Waals surface area contributed by atoms with Crippen molar-refractivity contribution in [2.75, 3.05) is 11.9 Å². The lowest BCUT2D eigenvalue weighted by molar-refractivity contribution is -0.118. The van der Waals surface area contributed by atoms with E-state index in [9.17, 15) is 9.59 Å². The van der Waals surface area contributed by atoms with Crippen molar-refractivity contribution in [3.05, 3.63) is 66.2 Å². The summed E-state index contributed by atoms with van der Waals surface area (Å²) in [5.74, 6) is 0.441. The van der Waals surface area contributed by atoms with Crippen molar-refractivity contribution < 1.29 is 14.3 Å². The summed E-state index contributed by atoms with van der Waals surface area (Å²) in [5.41, 5.74) is 1.57. The molecule has 1 aliphatic rings. The number of nitrogens with one attached hydrogen (secondary N) is 2. The molecule has 8 nitrogen and oxygen atoms in total. The Kier molecular flexibility index (Phi) is 4.06. The van der Waals surface area contributed by atoms with Gasteiger partial charge in [0.1, 0.15) is 12.1 Å². The minimum Gasteiger partial charge on any atom is -0.482 e. The molecule has 0 unspecified atom stereocenters. The largest absolute Gasteiger partial charge is 0.482 e. The van der Waals surface area contributed by atoms with E-state index in [1.807, 2.05) is 30.3 Å². The minimum absolute atomic E-state index is 0.0573. The monoisotopic (exact) mass is 349 g/mol. The molecule has 2 aromatic carbocycles. The Balaban J connectivity index is 1.53. The number of benzene rings is 2. The number of carbonyl (C=O) groups excluding carboxylic acids is 2. The Morgan fingerprint density at radius 1 is 1.19 bits per heavy atom. The van der Waals surface area contributed by atoms with Gasteiger partial charge in [-0.05, 0) is 24.3 Å². The zero-order valence-corrected chi connectivity index (χ0v) is 13.7. The highest BCUT2D eigenvalue weighted by atomic mass is 16.5. The highest BCUT2D eigenvalue weighted by molar-refractivity contribution is 6.06. The summed E-state index contributed by atoms with van der Waals surface area (Å²) in [5, 5.41) is 9.68. The van der Waals surface area contributed by atoms with Crippen LogP contribution in [0.3, 0.4) is 0 Å². The van der Waals surface area contributed by atoms with Crippen LogP contribution < -0.4 is 15.4 Å². The van der Waals surface area contributed by atoms with E-state index in [2.05, 4.69) is 20.7 Å². The molecular formula is C18H15N5O3. The predicted octanol–water partition coefficient (Wildman–Crippen LogP) is 1.53. The second kappa shape index (κ2) is 6.67. The molecule has 1 aliphatic heterocycles. The predicted molar refractivity (Wildman–Crippen MR) is 93.1 cm³/mol. The van der Waals surface area contributed by atoms with Crippen LogP contribution in [0.4, 0.5) is 5.69 Å². The summed E-state index contributed by atoms with van der Waals surface area (Å²) in [6, 6.07) is 14.6. The second-order valence-corrected chi connectivity index (χ2v) is 5.62. The molecule has 0 radical (unpaired) electrons. The van der Waals surface area contributed by atoms with E-state index in [1.165, 1.54) is 6.33 Å². The van der Waals surface area contributed by atoms with Crippen LogP contribution >= 0.6 is 0 Å². The molecule has 0 spiro atoms. The van der Waals surface area contributed by atoms with Crippen LogP contribution in [0.25, 0.3) is 5.69 Å². The Hall–Kier alpha value is -3.68. The van der Waals surface area contributed by atoms with Crippen LogP contribution in [0.15, 0.2) is 54.9 Å². The Morgan fingerprint density at radius 2 is 2.04 bits per heavy atom. The number of hydrogen-bond acceptors (Lipinski definition) is 5. The fraction of sp³-hybridized carbons (Fsp3) is 0.111. The van der Waals surface area contributed by atoms with Crippen LogP contribution in [-0.2, 0) is 11.3 Å². The molecule has 26 heavy (non-hydrogen) atoms. The topological polar surface area (TPSA) is 98.1 Å². The van der Waals surface area contributed by atoms with E-state index in [1.54, 1.807) is 22.9 Å². The van der Waals surface area contributed by atoms with Gasteiger partial charge in [-0.25, -0.2) is 9.67 Å². The van der Waals surface area contributed by atoms with Crippen molar-refractivity contribution in [3.8, 4) is 11.4 Å². The summed E-state index contributed by atoms with van der Waals surface area (Å²) >= 11 is 0. The number of anilines is 1. The average Bonchev–Trinajstić information content (AvgIpc) is 3.15. The third-order valence-corrected chi connectivity index (χ3v) is 3.92. The normalized spacial score (nSPS) is 12.7. The first kappa shape index (κ1) is 15.8. The number of ether oxygens (including phenoxy) is 1. The summed E-state index contributed by atoms with van der Waals surface area (Å²) in [4.78, 5) is 28.3. The van der Waals surface area contributed by atoms with E-state index in [0.29, 0.717) is 22.8 Å². The van der Waals surface area contributed by atoms with Gasteiger partial charge in [0.2, 0.25) is 0 Å². The van der Waals surface area contributed by atoms with Crippen LogP contribution in [0.2, 0.25) is 0 Å². The number of para-hydroxylation sites is 2. The lowest BCUT2D eigenvalue weighted by atomic mass is 10.1. The number of aromatic nitrogens is 3. The van der Waals surface area contributed by atoms with Gasteiger partial charge in [0, 0.05) is 0 Å². The van der Waals surface area contributed by atoms with Gasteiger partial charge in [-0.2, -0.15) is 5.10 Å². The molecular weight excluding hydrogens is 334 g/mol. The van der Waals surface area contributed by atoms with Gasteiger partial charge in [0.15, 0.2) is 12.4 Å². The fourth-order valence-electron chi connectivity index (χ4n) is 2.71. The standard InChI is InChI=1S/C18H15N5O3/c24-16-10-26-14-8-4-7-13(17(14)22-16)18(25)19-9-15-20-11-21-23(15)12-5-2-1-3-6-12/h1-8,11H,9-10H2,(H,19,25)(H,22,24). The van der Waals surface area contributed by atoms with Gasteiger partial charge < -0.3 is 15.4 Å². The van der Waals surface area contributed by atoms with Crippen molar-refractivity contribution in [2.45, 2.75) is 6.54 Å². The highest BCUT2D eigenvalue weighted by Crippen LogP contribution is 2.31. The number of hydrogen-bond donors (Lipinski definition) is 2. The number of amides is 2. The Bertz CT molecular complexity index is 968. The van der Waals surface area contributed by atoms with E-state index >= 15 is 0 Å². The Labute approximate surface area is 148 Å². The Morgan fingerprint density at radius 3 is 2.88 bits per heavy atom. The van der Waals surface area contributed by atoms with Gasteiger partial charge in [-0.15, -0.1) is 0 Å². The van der Waals surface area contributed by atoms with Crippen LogP contribution in [0, 0.1) is 0 Å². The molecule has 2 amide bonds. The summed E-state index contributed by atoms with van der Waals surface area (Å²) in [7, 11) is 0. The molecule has 2 heterocycles. The molecule has 8 heteroatoms. The van der Waals surface area contributed by atoms with E-state index in [4.69, 9.17) is 4.74 Å².